The van der Waals surface area contributed by atoms with Gasteiger partial charge in [-0.15, -0.1) is 0 Å². The van der Waals surface area contributed by atoms with Crippen molar-refractivity contribution in [2.24, 2.45) is 0 Å². The maximum Gasteiger partial charge on any atom is 0.135 e. The molecule has 3 aromatic rings. The van der Waals surface area contributed by atoms with Gasteiger partial charge in [-0.05, 0) is 36.4 Å². The van der Waals surface area contributed by atoms with Gasteiger partial charge in [0.25, 0.3) is 0 Å². The van der Waals surface area contributed by atoms with Crippen LogP contribution in [0.15, 0.2) is 59.0 Å². The SMILES string of the molecule is Nc1ccc(-c2cc3ccccc3o2)cc1.[Cl-]. The highest BCUT2D eigenvalue weighted by atomic mass is 35.5. The number of halogens is 1. The summed E-state index contributed by atoms with van der Waals surface area (Å²) in [7, 11) is 0. The van der Waals surface area contributed by atoms with Gasteiger partial charge in [0.2, 0.25) is 0 Å². The molecule has 0 saturated carbocycles. The lowest BCUT2D eigenvalue weighted by molar-refractivity contribution is -0.00000362. The minimum atomic E-state index is 0. The smallest absolute Gasteiger partial charge is 0.135 e. The minimum Gasteiger partial charge on any atom is -1.00 e. The van der Waals surface area contributed by atoms with Gasteiger partial charge >= 0.3 is 0 Å². The van der Waals surface area contributed by atoms with Crippen LogP contribution >= 0.6 is 0 Å². The van der Waals surface area contributed by atoms with E-state index >= 15 is 0 Å². The van der Waals surface area contributed by atoms with Gasteiger partial charge in [0, 0.05) is 16.6 Å². The lowest BCUT2D eigenvalue weighted by atomic mass is 10.1. The zero-order chi connectivity index (χ0) is 11.0. The predicted molar refractivity (Wildman–Crippen MR) is 66.1 cm³/mol. The van der Waals surface area contributed by atoms with E-state index in [1.54, 1.807) is 0 Å². The Kier molecular flexibility index (Phi) is 3.07. The van der Waals surface area contributed by atoms with Gasteiger partial charge < -0.3 is 22.6 Å². The Morgan fingerprint density at radius 3 is 2.29 bits per heavy atom. The van der Waals surface area contributed by atoms with Crippen LogP contribution in [0, 0.1) is 0 Å². The Morgan fingerprint density at radius 2 is 1.59 bits per heavy atom. The van der Waals surface area contributed by atoms with E-state index < -0.39 is 0 Å². The zero-order valence-electron chi connectivity index (χ0n) is 9.06. The monoisotopic (exact) mass is 244 g/mol. The third-order valence-electron chi connectivity index (χ3n) is 2.62. The number of hydrogen-bond donors (Lipinski definition) is 1. The number of anilines is 1. The second-order valence-electron chi connectivity index (χ2n) is 3.77. The molecule has 0 spiro atoms. The summed E-state index contributed by atoms with van der Waals surface area (Å²) < 4.78 is 5.75. The van der Waals surface area contributed by atoms with Crippen LogP contribution in [-0.2, 0) is 0 Å². The van der Waals surface area contributed by atoms with Crippen LogP contribution in [0.3, 0.4) is 0 Å². The van der Waals surface area contributed by atoms with E-state index in [-0.39, 0.29) is 12.4 Å². The normalized spacial score (nSPS) is 10.1. The molecular formula is C14H11ClNO-. The number of benzene rings is 2. The average molecular weight is 245 g/mol. The fourth-order valence-corrected chi connectivity index (χ4v) is 1.77. The zero-order valence-corrected chi connectivity index (χ0v) is 9.82. The number of para-hydroxylation sites is 1. The molecule has 0 radical (unpaired) electrons. The summed E-state index contributed by atoms with van der Waals surface area (Å²) in [6.07, 6.45) is 0. The van der Waals surface area contributed by atoms with E-state index in [1.165, 1.54) is 0 Å². The molecule has 0 fully saturated rings. The van der Waals surface area contributed by atoms with Crippen molar-refractivity contribution in [3.63, 3.8) is 0 Å². The summed E-state index contributed by atoms with van der Waals surface area (Å²) in [5.41, 5.74) is 8.37. The molecule has 0 amide bonds. The summed E-state index contributed by atoms with van der Waals surface area (Å²) in [5.74, 6) is 0.876. The van der Waals surface area contributed by atoms with Gasteiger partial charge in [0.15, 0.2) is 0 Å². The maximum absolute atomic E-state index is 5.75. The molecule has 17 heavy (non-hydrogen) atoms. The van der Waals surface area contributed by atoms with E-state index in [0.717, 1.165) is 28.0 Å². The minimum absolute atomic E-state index is 0. The van der Waals surface area contributed by atoms with E-state index in [2.05, 4.69) is 0 Å². The second-order valence-corrected chi connectivity index (χ2v) is 3.77. The van der Waals surface area contributed by atoms with Crippen molar-refractivity contribution in [1.29, 1.82) is 0 Å². The first kappa shape index (κ1) is 11.6. The molecule has 0 aliphatic rings. The molecule has 2 N–H and O–H groups in total. The van der Waals surface area contributed by atoms with Crippen molar-refractivity contribution in [3.05, 3.63) is 54.6 Å². The van der Waals surface area contributed by atoms with Gasteiger partial charge in [-0.1, -0.05) is 18.2 Å². The van der Waals surface area contributed by atoms with Crippen LogP contribution in [0.25, 0.3) is 22.3 Å². The highest BCUT2D eigenvalue weighted by Crippen LogP contribution is 2.27. The van der Waals surface area contributed by atoms with Crippen molar-refractivity contribution in [1.82, 2.24) is 0 Å². The van der Waals surface area contributed by atoms with Crippen molar-refractivity contribution >= 4 is 16.7 Å². The molecule has 3 heteroatoms. The molecule has 0 aliphatic heterocycles. The highest BCUT2D eigenvalue weighted by molar-refractivity contribution is 5.82. The number of rotatable bonds is 1. The van der Waals surface area contributed by atoms with Crippen molar-refractivity contribution < 1.29 is 16.8 Å². The largest absolute Gasteiger partial charge is 1.00 e. The van der Waals surface area contributed by atoms with Crippen molar-refractivity contribution in [3.8, 4) is 11.3 Å². The molecule has 0 aliphatic carbocycles. The summed E-state index contributed by atoms with van der Waals surface area (Å²) in [5, 5.41) is 1.12. The van der Waals surface area contributed by atoms with Gasteiger partial charge in [0.05, 0.1) is 0 Å². The molecular weight excluding hydrogens is 234 g/mol. The van der Waals surface area contributed by atoms with E-state index in [4.69, 9.17) is 10.2 Å². The van der Waals surface area contributed by atoms with Crippen molar-refractivity contribution in [2.45, 2.75) is 0 Å². The van der Waals surface area contributed by atoms with E-state index in [1.807, 2.05) is 54.6 Å². The topological polar surface area (TPSA) is 39.2 Å². The molecule has 2 nitrogen and oxygen atoms in total. The molecule has 0 saturated heterocycles. The highest BCUT2D eigenvalue weighted by Gasteiger charge is 2.04. The van der Waals surface area contributed by atoms with E-state index in [0.29, 0.717) is 0 Å². The summed E-state index contributed by atoms with van der Waals surface area (Å²) in [6.45, 7) is 0. The van der Waals surface area contributed by atoms with Crippen LogP contribution in [0.4, 0.5) is 5.69 Å². The number of nitrogen functional groups attached to an aromatic ring is 1. The maximum atomic E-state index is 5.75. The third-order valence-corrected chi connectivity index (χ3v) is 2.62. The first-order valence-electron chi connectivity index (χ1n) is 5.17. The lowest BCUT2D eigenvalue weighted by Crippen LogP contribution is -3.00. The molecule has 0 bridgehead atoms. The lowest BCUT2D eigenvalue weighted by Gasteiger charge is -1.96. The predicted octanol–water partition coefficient (Wildman–Crippen LogP) is 0.686. The van der Waals surface area contributed by atoms with Crippen molar-refractivity contribution in [2.75, 3.05) is 5.73 Å². The molecule has 1 aromatic heterocycles. The van der Waals surface area contributed by atoms with Crippen LogP contribution in [0.1, 0.15) is 0 Å². The van der Waals surface area contributed by atoms with Gasteiger partial charge in [-0.3, -0.25) is 0 Å². The summed E-state index contributed by atoms with van der Waals surface area (Å²) >= 11 is 0. The van der Waals surface area contributed by atoms with Gasteiger partial charge in [0.1, 0.15) is 11.3 Å². The fourth-order valence-electron chi connectivity index (χ4n) is 1.77. The molecule has 0 unspecified atom stereocenters. The molecule has 3 rings (SSSR count). The fraction of sp³-hybridized carbons (Fsp3) is 0. The second kappa shape index (κ2) is 4.52. The van der Waals surface area contributed by atoms with Crippen LogP contribution in [0.2, 0.25) is 0 Å². The van der Waals surface area contributed by atoms with E-state index in [9.17, 15) is 0 Å². The third kappa shape index (κ3) is 2.12. The van der Waals surface area contributed by atoms with Gasteiger partial charge in [-0.2, -0.15) is 0 Å². The number of hydrogen-bond acceptors (Lipinski definition) is 2. The Labute approximate surface area is 105 Å². The summed E-state index contributed by atoms with van der Waals surface area (Å²) in [4.78, 5) is 0. The Morgan fingerprint density at radius 1 is 0.882 bits per heavy atom. The summed E-state index contributed by atoms with van der Waals surface area (Å²) in [6, 6.07) is 17.7. The quantitative estimate of drug-likeness (QED) is 0.640. The molecule has 2 aromatic carbocycles. The first-order valence-corrected chi connectivity index (χ1v) is 5.17. The standard InChI is InChI=1S/C14H11NO.ClH/c15-12-7-5-10(6-8-12)14-9-11-3-1-2-4-13(11)16-14;/h1-9H,15H2;1H/p-1. The van der Waals surface area contributed by atoms with Crippen LogP contribution < -0.4 is 18.1 Å². The molecule has 0 atom stereocenters. The Balaban J connectivity index is 0.00000108. The first-order chi connectivity index (χ1) is 7.83. The van der Waals surface area contributed by atoms with Crippen LogP contribution in [0.5, 0.6) is 0 Å². The number of furan rings is 1. The van der Waals surface area contributed by atoms with Crippen LogP contribution in [-0.4, -0.2) is 0 Å². The molecule has 86 valence electrons. The molecule has 1 heterocycles. The Bertz CT molecular complexity index is 595. The Hall–Kier alpha value is -1.93. The number of nitrogens with two attached hydrogens (primary N) is 1. The van der Waals surface area contributed by atoms with Gasteiger partial charge in [-0.25, -0.2) is 0 Å². The average Bonchev–Trinajstić information content (AvgIpc) is 2.73. The number of fused-ring (bicyclic) bond motifs is 1.